The predicted molar refractivity (Wildman–Crippen MR) is 101 cm³/mol. The largest absolute Gasteiger partial charge is 0.314 e. The fraction of sp³-hybridized carbons (Fsp3) is 0.300. The molecule has 0 saturated heterocycles. The zero-order chi connectivity index (χ0) is 17.3. The van der Waals surface area contributed by atoms with Gasteiger partial charge in [0.15, 0.2) is 0 Å². The molecule has 2 aromatic rings. The highest BCUT2D eigenvalue weighted by Crippen LogP contribution is 2.55. The van der Waals surface area contributed by atoms with Crippen LogP contribution in [0.25, 0.3) is 0 Å². The van der Waals surface area contributed by atoms with Crippen LogP contribution < -0.4 is 4.90 Å². The van der Waals surface area contributed by atoms with Gasteiger partial charge in [0.1, 0.15) is 5.41 Å². The Morgan fingerprint density at radius 2 is 1.79 bits per heavy atom. The van der Waals surface area contributed by atoms with Crippen molar-refractivity contribution in [2.45, 2.75) is 26.2 Å². The standard InChI is InChI=1S/C20H19BrN2O/c1-19(2,3)17-20(13-10-9-12(21)11-15(13)22-17)14-7-5-6-8-16(14)23(4)18(20)24/h5-11H,1-4H3. The Morgan fingerprint density at radius 1 is 1.08 bits per heavy atom. The Hall–Kier alpha value is -1.94. The first-order chi connectivity index (χ1) is 11.3. The number of carbonyl (C=O) groups is 1. The van der Waals surface area contributed by atoms with E-state index in [0.717, 1.165) is 32.7 Å². The number of rotatable bonds is 0. The van der Waals surface area contributed by atoms with E-state index in [4.69, 9.17) is 4.99 Å². The number of hydrogen-bond donors (Lipinski definition) is 0. The van der Waals surface area contributed by atoms with Gasteiger partial charge in [0.2, 0.25) is 5.91 Å². The summed E-state index contributed by atoms with van der Waals surface area (Å²) in [6, 6.07) is 14.1. The first-order valence-electron chi connectivity index (χ1n) is 8.05. The quantitative estimate of drug-likeness (QED) is 0.641. The van der Waals surface area contributed by atoms with E-state index in [1.807, 2.05) is 43.4 Å². The minimum atomic E-state index is -0.806. The molecular formula is C20H19BrN2O. The molecule has 24 heavy (non-hydrogen) atoms. The Morgan fingerprint density at radius 3 is 2.50 bits per heavy atom. The molecule has 1 spiro atoms. The summed E-state index contributed by atoms with van der Waals surface area (Å²) in [5, 5.41) is 0. The minimum Gasteiger partial charge on any atom is -0.314 e. The number of fused-ring (bicyclic) bond motifs is 4. The number of carbonyl (C=O) groups excluding carboxylic acids is 1. The van der Waals surface area contributed by atoms with Crippen LogP contribution >= 0.6 is 15.9 Å². The third kappa shape index (κ3) is 1.78. The van der Waals surface area contributed by atoms with Crippen molar-refractivity contribution in [3.8, 4) is 0 Å². The van der Waals surface area contributed by atoms with Gasteiger partial charge in [-0.25, -0.2) is 0 Å². The molecule has 0 fully saturated rings. The van der Waals surface area contributed by atoms with Crippen LogP contribution in [0.3, 0.4) is 0 Å². The maximum Gasteiger partial charge on any atom is 0.247 e. The second-order valence-electron chi connectivity index (χ2n) is 7.50. The van der Waals surface area contributed by atoms with E-state index in [1.165, 1.54) is 0 Å². The first kappa shape index (κ1) is 15.6. The molecule has 2 aliphatic heterocycles. The Bertz CT molecular complexity index is 910. The van der Waals surface area contributed by atoms with Crippen molar-refractivity contribution in [2.24, 2.45) is 10.4 Å². The average Bonchev–Trinajstić information content (AvgIpc) is 2.98. The SMILES string of the molecule is CN1C(=O)C2(C(C(C)(C)C)=Nc3cc(Br)ccc32)c2ccccc21. The summed E-state index contributed by atoms with van der Waals surface area (Å²) in [6.45, 7) is 6.38. The van der Waals surface area contributed by atoms with Crippen LogP contribution in [0.5, 0.6) is 0 Å². The highest BCUT2D eigenvalue weighted by Gasteiger charge is 2.60. The number of nitrogens with zero attached hydrogens (tertiary/aromatic N) is 2. The lowest BCUT2D eigenvalue weighted by atomic mass is 9.66. The van der Waals surface area contributed by atoms with Crippen molar-refractivity contribution in [1.29, 1.82) is 0 Å². The fourth-order valence-electron chi connectivity index (χ4n) is 4.02. The van der Waals surface area contributed by atoms with Gasteiger partial charge in [0.25, 0.3) is 0 Å². The lowest BCUT2D eigenvalue weighted by molar-refractivity contribution is -0.119. The predicted octanol–water partition coefficient (Wildman–Crippen LogP) is 4.84. The van der Waals surface area contributed by atoms with Crippen LogP contribution in [-0.2, 0) is 10.2 Å². The van der Waals surface area contributed by atoms with Gasteiger partial charge in [0.05, 0.1) is 5.69 Å². The molecule has 0 N–H and O–H groups in total. The number of aliphatic imine (C=N–C) groups is 1. The van der Waals surface area contributed by atoms with E-state index >= 15 is 0 Å². The van der Waals surface area contributed by atoms with E-state index in [1.54, 1.807) is 4.90 Å². The van der Waals surface area contributed by atoms with Gasteiger partial charge in [0, 0.05) is 39.5 Å². The number of amides is 1. The Balaban J connectivity index is 2.13. The zero-order valence-corrected chi connectivity index (χ0v) is 15.8. The molecule has 0 bridgehead atoms. The van der Waals surface area contributed by atoms with Crippen molar-refractivity contribution in [2.75, 3.05) is 11.9 Å². The van der Waals surface area contributed by atoms with Crippen LogP contribution in [0.2, 0.25) is 0 Å². The summed E-state index contributed by atoms with van der Waals surface area (Å²) >= 11 is 3.53. The van der Waals surface area contributed by atoms with E-state index in [2.05, 4.69) is 42.8 Å². The van der Waals surface area contributed by atoms with Crippen molar-refractivity contribution >= 4 is 38.9 Å². The third-order valence-electron chi connectivity index (χ3n) is 4.96. The van der Waals surface area contributed by atoms with E-state index in [9.17, 15) is 4.79 Å². The number of para-hydroxylation sites is 1. The second-order valence-corrected chi connectivity index (χ2v) is 8.42. The highest BCUT2D eigenvalue weighted by atomic mass is 79.9. The zero-order valence-electron chi connectivity index (χ0n) is 14.2. The molecule has 0 aromatic heterocycles. The molecule has 2 aromatic carbocycles. The number of halogens is 1. The van der Waals surface area contributed by atoms with Crippen LogP contribution in [0.15, 0.2) is 51.9 Å². The molecule has 3 nitrogen and oxygen atoms in total. The topological polar surface area (TPSA) is 32.7 Å². The number of likely N-dealkylation sites (N-methyl/N-ethyl adjacent to an activating group) is 1. The van der Waals surface area contributed by atoms with Crippen molar-refractivity contribution in [1.82, 2.24) is 0 Å². The van der Waals surface area contributed by atoms with Gasteiger partial charge in [-0.1, -0.05) is 61.0 Å². The molecule has 122 valence electrons. The number of benzene rings is 2. The first-order valence-corrected chi connectivity index (χ1v) is 8.84. The summed E-state index contributed by atoms with van der Waals surface area (Å²) in [4.78, 5) is 20.2. The molecule has 4 rings (SSSR count). The second kappa shape index (κ2) is 4.79. The molecule has 0 radical (unpaired) electrons. The van der Waals surface area contributed by atoms with Gasteiger partial charge in [-0.2, -0.15) is 0 Å². The molecule has 1 amide bonds. The molecule has 4 heteroatoms. The molecule has 1 atom stereocenters. The van der Waals surface area contributed by atoms with Crippen LogP contribution in [0.4, 0.5) is 11.4 Å². The molecule has 2 heterocycles. The Labute approximate surface area is 150 Å². The van der Waals surface area contributed by atoms with Crippen LogP contribution in [0.1, 0.15) is 31.9 Å². The van der Waals surface area contributed by atoms with Crippen molar-refractivity contribution < 1.29 is 4.79 Å². The van der Waals surface area contributed by atoms with Gasteiger partial charge in [-0.05, 0) is 18.2 Å². The van der Waals surface area contributed by atoms with E-state index in [-0.39, 0.29) is 11.3 Å². The molecule has 0 saturated carbocycles. The maximum atomic E-state index is 13.5. The average molecular weight is 383 g/mol. The highest BCUT2D eigenvalue weighted by molar-refractivity contribution is 9.10. The normalized spacial score (nSPS) is 22.0. The summed E-state index contributed by atoms with van der Waals surface area (Å²) in [7, 11) is 1.85. The summed E-state index contributed by atoms with van der Waals surface area (Å²) in [5.41, 5.74) is 3.76. The van der Waals surface area contributed by atoms with Crippen LogP contribution in [-0.4, -0.2) is 18.7 Å². The van der Waals surface area contributed by atoms with Crippen LogP contribution in [0, 0.1) is 5.41 Å². The summed E-state index contributed by atoms with van der Waals surface area (Å²) in [6.07, 6.45) is 0. The van der Waals surface area contributed by atoms with Gasteiger partial charge < -0.3 is 4.90 Å². The molecule has 0 aliphatic carbocycles. The van der Waals surface area contributed by atoms with Gasteiger partial charge in [-0.15, -0.1) is 0 Å². The number of hydrogen-bond acceptors (Lipinski definition) is 2. The number of anilines is 1. The molecule has 2 aliphatic rings. The van der Waals surface area contributed by atoms with Gasteiger partial charge in [-0.3, -0.25) is 9.79 Å². The minimum absolute atomic E-state index is 0.0819. The van der Waals surface area contributed by atoms with Crippen molar-refractivity contribution in [3.05, 3.63) is 58.1 Å². The molecule has 1 unspecified atom stereocenters. The summed E-state index contributed by atoms with van der Waals surface area (Å²) in [5.74, 6) is 0.0819. The molecular weight excluding hydrogens is 364 g/mol. The summed E-state index contributed by atoms with van der Waals surface area (Å²) < 4.78 is 0.974. The lowest BCUT2D eigenvalue weighted by Gasteiger charge is -2.33. The van der Waals surface area contributed by atoms with Crippen molar-refractivity contribution in [3.63, 3.8) is 0 Å². The fourth-order valence-corrected chi connectivity index (χ4v) is 4.37. The smallest absolute Gasteiger partial charge is 0.247 e. The van der Waals surface area contributed by atoms with Gasteiger partial charge >= 0.3 is 0 Å². The maximum absolute atomic E-state index is 13.5. The monoisotopic (exact) mass is 382 g/mol. The van der Waals surface area contributed by atoms with E-state index in [0.29, 0.717) is 0 Å². The lowest BCUT2D eigenvalue weighted by Crippen LogP contribution is -2.48. The van der Waals surface area contributed by atoms with E-state index < -0.39 is 5.41 Å². The third-order valence-corrected chi connectivity index (χ3v) is 5.45. The Kier molecular flexibility index (Phi) is 3.11.